The second-order valence-electron chi connectivity index (χ2n) is 4.63. The second-order valence-corrected chi connectivity index (χ2v) is 4.63. The number of aromatic amines is 1. The zero-order valence-electron chi connectivity index (χ0n) is 10.1. The van der Waals surface area contributed by atoms with Crippen molar-refractivity contribution >= 4 is 22.6 Å². The number of imidazole rings is 1. The SMILES string of the molecule is O=C(Nc1ccc2nc[nH]c2c1)C1CCCCN1. The van der Waals surface area contributed by atoms with E-state index < -0.39 is 0 Å². The third kappa shape index (κ3) is 2.22. The Kier molecular flexibility index (Phi) is 2.98. The third-order valence-corrected chi connectivity index (χ3v) is 3.31. The van der Waals surface area contributed by atoms with Crippen LogP contribution >= 0.6 is 0 Å². The first-order valence-electron chi connectivity index (χ1n) is 6.30. The van der Waals surface area contributed by atoms with Gasteiger partial charge < -0.3 is 15.6 Å². The van der Waals surface area contributed by atoms with Crippen LogP contribution < -0.4 is 10.6 Å². The second kappa shape index (κ2) is 4.78. The van der Waals surface area contributed by atoms with Crippen molar-refractivity contribution in [3.05, 3.63) is 24.5 Å². The van der Waals surface area contributed by atoms with Crippen LogP contribution in [-0.2, 0) is 4.79 Å². The molecule has 94 valence electrons. The van der Waals surface area contributed by atoms with Gasteiger partial charge in [-0.1, -0.05) is 6.42 Å². The van der Waals surface area contributed by atoms with E-state index in [1.54, 1.807) is 6.33 Å². The molecule has 1 fully saturated rings. The average molecular weight is 244 g/mol. The number of anilines is 1. The monoisotopic (exact) mass is 244 g/mol. The van der Waals surface area contributed by atoms with Gasteiger partial charge in [0.1, 0.15) is 0 Å². The van der Waals surface area contributed by atoms with Gasteiger partial charge in [0.05, 0.1) is 23.4 Å². The maximum Gasteiger partial charge on any atom is 0.241 e. The summed E-state index contributed by atoms with van der Waals surface area (Å²) in [5.41, 5.74) is 2.65. The molecule has 1 aromatic carbocycles. The molecule has 1 aliphatic heterocycles. The van der Waals surface area contributed by atoms with Gasteiger partial charge in [0, 0.05) is 5.69 Å². The van der Waals surface area contributed by atoms with Crippen LogP contribution in [0, 0.1) is 0 Å². The number of piperidine rings is 1. The maximum absolute atomic E-state index is 12.0. The number of rotatable bonds is 2. The molecule has 0 radical (unpaired) electrons. The van der Waals surface area contributed by atoms with E-state index in [1.807, 2.05) is 18.2 Å². The van der Waals surface area contributed by atoms with E-state index in [9.17, 15) is 4.79 Å². The maximum atomic E-state index is 12.0. The molecule has 1 atom stereocenters. The molecule has 1 unspecified atom stereocenters. The van der Waals surface area contributed by atoms with Crippen LogP contribution in [-0.4, -0.2) is 28.5 Å². The summed E-state index contributed by atoms with van der Waals surface area (Å²) in [5, 5.41) is 6.18. The molecule has 1 amide bonds. The number of nitrogens with one attached hydrogen (secondary N) is 3. The minimum absolute atomic E-state index is 0.0496. The first kappa shape index (κ1) is 11.2. The van der Waals surface area contributed by atoms with Crippen molar-refractivity contribution < 1.29 is 4.79 Å². The van der Waals surface area contributed by atoms with Crippen LogP contribution in [0.25, 0.3) is 11.0 Å². The average Bonchev–Trinajstić information content (AvgIpc) is 2.87. The topological polar surface area (TPSA) is 69.8 Å². The van der Waals surface area contributed by atoms with Crippen LogP contribution in [0.3, 0.4) is 0 Å². The smallest absolute Gasteiger partial charge is 0.241 e. The summed E-state index contributed by atoms with van der Waals surface area (Å²) >= 11 is 0. The predicted molar refractivity (Wildman–Crippen MR) is 70.4 cm³/mol. The molecule has 0 spiro atoms. The number of hydrogen-bond acceptors (Lipinski definition) is 3. The lowest BCUT2D eigenvalue weighted by molar-refractivity contribution is -0.118. The van der Waals surface area contributed by atoms with Crippen LogP contribution in [0.15, 0.2) is 24.5 Å². The molecule has 0 saturated carbocycles. The summed E-state index contributed by atoms with van der Waals surface area (Å²) in [6.07, 6.45) is 4.84. The van der Waals surface area contributed by atoms with Gasteiger partial charge in [0.2, 0.25) is 5.91 Å². The first-order chi connectivity index (χ1) is 8.83. The lowest BCUT2D eigenvalue weighted by Gasteiger charge is -2.22. The molecule has 0 aliphatic carbocycles. The lowest BCUT2D eigenvalue weighted by atomic mass is 10.0. The van der Waals surface area contributed by atoms with Crippen LogP contribution in [0.5, 0.6) is 0 Å². The molecule has 2 heterocycles. The number of fused-ring (bicyclic) bond motifs is 1. The van der Waals surface area contributed by atoms with Crippen molar-refractivity contribution in [2.24, 2.45) is 0 Å². The Morgan fingerprint density at radius 2 is 2.33 bits per heavy atom. The Morgan fingerprint density at radius 3 is 3.17 bits per heavy atom. The Morgan fingerprint density at radius 1 is 1.39 bits per heavy atom. The highest BCUT2D eigenvalue weighted by molar-refractivity contribution is 5.96. The zero-order chi connectivity index (χ0) is 12.4. The fourth-order valence-electron chi connectivity index (χ4n) is 2.32. The molecule has 3 N–H and O–H groups in total. The highest BCUT2D eigenvalue weighted by atomic mass is 16.2. The first-order valence-corrected chi connectivity index (χ1v) is 6.30. The highest BCUT2D eigenvalue weighted by Gasteiger charge is 2.20. The summed E-state index contributed by atoms with van der Waals surface area (Å²) in [6.45, 7) is 0.928. The summed E-state index contributed by atoms with van der Waals surface area (Å²) < 4.78 is 0. The summed E-state index contributed by atoms with van der Waals surface area (Å²) in [7, 11) is 0. The van der Waals surface area contributed by atoms with E-state index in [-0.39, 0.29) is 11.9 Å². The van der Waals surface area contributed by atoms with Gasteiger partial charge in [-0.15, -0.1) is 0 Å². The molecular formula is C13H16N4O. The number of carbonyl (C=O) groups is 1. The van der Waals surface area contributed by atoms with Crippen LogP contribution in [0.4, 0.5) is 5.69 Å². The Labute approximate surface area is 105 Å². The van der Waals surface area contributed by atoms with Gasteiger partial charge in [-0.05, 0) is 37.6 Å². The van der Waals surface area contributed by atoms with Crippen molar-refractivity contribution in [2.75, 3.05) is 11.9 Å². The van der Waals surface area contributed by atoms with E-state index in [1.165, 1.54) is 0 Å². The van der Waals surface area contributed by atoms with E-state index in [0.29, 0.717) is 0 Å². The largest absolute Gasteiger partial charge is 0.345 e. The van der Waals surface area contributed by atoms with Crippen molar-refractivity contribution in [1.29, 1.82) is 0 Å². The van der Waals surface area contributed by atoms with Gasteiger partial charge in [-0.25, -0.2) is 4.98 Å². The Balaban J connectivity index is 1.72. The molecule has 1 aliphatic rings. The number of hydrogen-bond donors (Lipinski definition) is 3. The number of aromatic nitrogens is 2. The Hall–Kier alpha value is -1.88. The van der Waals surface area contributed by atoms with Crippen LogP contribution in [0.2, 0.25) is 0 Å². The number of carbonyl (C=O) groups excluding carboxylic acids is 1. The summed E-state index contributed by atoms with van der Waals surface area (Å²) in [6, 6.07) is 5.62. The standard InChI is InChI=1S/C13H16N4O/c18-13(11-3-1-2-6-14-11)17-9-4-5-10-12(7-9)16-8-15-10/h4-5,7-8,11,14H,1-3,6H2,(H,15,16)(H,17,18). The van der Waals surface area contributed by atoms with E-state index >= 15 is 0 Å². The van der Waals surface area contributed by atoms with Gasteiger partial charge in [-0.3, -0.25) is 4.79 Å². The quantitative estimate of drug-likeness (QED) is 0.752. The predicted octanol–water partition coefficient (Wildman–Crippen LogP) is 1.64. The molecule has 18 heavy (non-hydrogen) atoms. The van der Waals surface area contributed by atoms with Gasteiger partial charge in [-0.2, -0.15) is 0 Å². The molecule has 5 nitrogen and oxygen atoms in total. The van der Waals surface area contributed by atoms with E-state index in [2.05, 4.69) is 20.6 Å². The van der Waals surface area contributed by atoms with Crippen molar-refractivity contribution in [3.8, 4) is 0 Å². The normalized spacial score (nSPS) is 19.9. The van der Waals surface area contributed by atoms with Crippen molar-refractivity contribution in [3.63, 3.8) is 0 Å². The number of H-pyrrole nitrogens is 1. The van der Waals surface area contributed by atoms with Crippen molar-refractivity contribution in [1.82, 2.24) is 15.3 Å². The lowest BCUT2D eigenvalue weighted by Crippen LogP contribution is -2.43. The minimum Gasteiger partial charge on any atom is -0.345 e. The zero-order valence-corrected chi connectivity index (χ0v) is 10.1. The van der Waals surface area contributed by atoms with Crippen LogP contribution in [0.1, 0.15) is 19.3 Å². The van der Waals surface area contributed by atoms with Gasteiger partial charge in [0.15, 0.2) is 0 Å². The highest BCUT2D eigenvalue weighted by Crippen LogP contribution is 2.16. The van der Waals surface area contributed by atoms with E-state index in [0.717, 1.165) is 42.5 Å². The molecule has 1 saturated heterocycles. The fraction of sp³-hybridized carbons (Fsp3) is 0.385. The van der Waals surface area contributed by atoms with E-state index in [4.69, 9.17) is 0 Å². The molecule has 5 heteroatoms. The fourth-order valence-corrected chi connectivity index (χ4v) is 2.32. The van der Waals surface area contributed by atoms with Gasteiger partial charge >= 0.3 is 0 Å². The molecule has 2 aromatic rings. The summed E-state index contributed by atoms with van der Waals surface area (Å²) in [5.74, 6) is 0.0496. The molecule has 3 rings (SSSR count). The number of nitrogens with zero attached hydrogens (tertiary/aromatic N) is 1. The Bertz CT molecular complexity index is 557. The third-order valence-electron chi connectivity index (χ3n) is 3.31. The number of benzene rings is 1. The molecular weight excluding hydrogens is 228 g/mol. The minimum atomic E-state index is -0.0591. The molecule has 0 bridgehead atoms. The van der Waals surface area contributed by atoms with Crippen molar-refractivity contribution in [2.45, 2.75) is 25.3 Å². The van der Waals surface area contributed by atoms with Gasteiger partial charge in [0.25, 0.3) is 0 Å². The number of amides is 1. The summed E-state index contributed by atoms with van der Waals surface area (Å²) in [4.78, 5) is 19.2. The molecule has 1 aromatic heterocycles.